The third kappa shape index (κ3) is 2.71. The molecule has 10 heteroatoms. The number of fused-ring (bicyclic) bond motifs is 2. The molecule has 0 fully saturated rings. The first-order valence-electron chi connectivity index (χ1n) is 8.40. The average molecular weight is 380 g/mol. The molecule has 0 aliphatic rings. The number of nitrogens with zero attached hydrogens (tertiary/aromatic N) is 5. The van der Waals surface area contributed by atoms with Crippen LogP contribution >= 0.6 is 0 Å². The van der Waals surface area contributed by atoms with E-state index < -0.39 is 10.8 Å². The lowest BCUT2D eigenvalue weighted by Gasteiger charge is -2.08. The smallest absolute Gasteiger partial charge is 0.321 e. The van der Waals surface area contributed by atoms with Crippen LogP contribution in [-0.4, -0.2) is 29.5 Å². The van der Waals surface area contributed by atoms with Crippen molar-refractivity contribution in [1.82, 2.24) is 18.7 Å². The van der Waals surface area contributed by atoms with Crippen LogP contribution in [-0.2, 0) is 25.4 Å². The Labute approximate surface area is 157 Å². The highest BCUT2D eigenvalue weighted by Crippen LogP contribution is 2.29. The van der Waals surface area contributed by atoms with Gasteiger partial charge in [0.05, 0.1) is 33.3 Å². The minimum absolute atomic E-state index is 0.0353. The van der Waals surface area contributed by atoms with Crippen LogP contribution in [0.15, 0.2) is 47.5 Å². The highest BCUT2D eigenvalue weighted by atomic mass is 16.6. The van der Waals surface area contributed by atoms with Crippen molar-refractivity contribution in [2.45, 2.75) is 6.54 Å². The third-order valence-corrected chi connectivity index (χ3v) is 4.70. The topological polar surface area (TPSA) is 117 Å². The molecule has 0 saturated heterocycles. The van der Waals surface area contributed by atoms with E-state index in [2.05, 4.69) is 10.3 Å². The Hall–Kier alpha value is -3.95. The fourth-order valence-electron chi connectivity index (χ4n) is 3.27. The molecule has 0 aliphatic heterocycles. The van der Waals surface area contributed by atoms with Crippen LogP contribution in [0.25, 0.3) is 22.1 Å². The number of aromatic nitrogens is 4. The van der Waals surface area contributed by atoms with Crippen LogP contribution in [0, 0.1) is 10.1 Å². The molecule has 1 N–H and O–H groups in total. The Morgan fingerprint density at radius 3 is 2.54 bits per heavy atom. The summed E-state index contributed by atoms with van der Waals surface area (Å²) < 4.78 is 4.36. The molecule has 4 rings (SSSR count). The van der Waals surface area contributed by atoms with Gasteiger partial charge in [-0.05, 0) is 18.2 Å². The maximum absolute atomic E-state index is 12.5. The first-order chi connectivity index (χ1) is 13.4. The van der Waals surface area contributed by atoms with Gasteiger partial charge in [0.2, 0.25) is 5.91 Å². The van der Waals surface area contributed by atoms with Gasteiger partial charge in [0, 0.05) is 20.2 Å². The highest BCUT2D eigenvalue weighted by molar-refractivity contribution is 5.97. The zero-order chi connectivity index (χ0) is 20.0. The van der Waals surface area contributed by atoms with E-state index >= 15 is 0 Å². The summed E-state index contributed by atoms with van der Waals surface area (Å²) in [5.74, 6) is -0.438. The summed E-state index contributed by atoms with van der Waals surface area (Å²) in [6.45, 7) is -0.0522. The van der Waals surface area contributed by atoms with Crippen LogP contribution in [0.3, 0.4) is 0 Å². The quantitative estimate of drug-likeness (QED) is 0.428. The molecule has 1 amide bonds. The molecule has 28 heavy (non-hydrogen) atoms. The number of carbonyl (C=O) groups is 1. The third-order valence-electron chi connectivity index (χ3n) is 4.70. The maximum atomic E-state index is 12.5. The van der Waals surface area contributed by atoms with E-state index in [1.54, 1.807) is 17.9 Å². The molecule has 0 aliphatic carbocycles. The number of nitrogens with one attached hydrogen (secondary N) is 1. The highest BCUT2D eigenvalue weighted by Gasteiger charge is 2.21. The molecule has 2 heterocycles. The van der Waals surface area contributed by atoms with Gasteiger partial charge in [-0.3, -0.25) is 24.0 Å². The van der Waals surface area contributed by atoms with Gasteiger partial charge in [-0.25, -0.2) is 9.78 Å². The fraction of sp³-hybridized carbons (Fsp3) is 0.167. The minimum Gasteiger partial charge on any atom is -0.321 e. The van der Waals surface area contributed by atoms with E-state index in [0.717, 1.165) is 11.0 Å². The van der Waals surface area contributed by atoms with Gasteiger partial charge in [-0.1, -0.05) is 12.1 Å². The standard InChI is InChI=1S/C18H16N6O4/c1-21-15-7-12(14(24(27)28)8-16(15)22(2)18(21)26)20-17(25)9-23-10-19-11-5-3-4-6-13(11)23/h3-8,10H,9H2,1-2H3,(H,20,25). The Morgan fingerprint density at radius 2 is 1.82 bits per heavy atom. The summed E-state index contributed by atoms with van der Waals surface area (Å²) in [4.78, 5) is 39.8. The Balaban J connectivity index is 1.71. The van der Waals surface area contributed by atoms with Crippen LogP contribution in [0.4, 0.5) is 11.4 Å². The van der Waals surface area contributed by atoms with Gasteiger partial charge in [-0.15, -0.1) is 0 Å². The number of carbonyl (C=O) groups excluding carboxylic acids is 1. The van der Waals surface area contributed by atoms with Crippen LogP contribution in [0.1, 0.15) is 0 Å². The molecule has 0 radical (unpaired) electrons. The van der Waals surface area contributed by atoms with Crippen LogP contribution in [0.5, 0.6) is 0 Å². The second-order valence-corrected chi connectivity index (χ2v) is 6.43. The molecular formula is C18H16N6O4. The number of nitro groups is 1. The number of hydrogen-bond donors (Lipinski definition) is 1. The van der Waals surface area contributed by atoms with Crippen LogP contribution < -0.4 is 11.0 Å². The van der Waals surface area contributed by atoms with Gasteiger partial charge in [-0.2, -0.15) is 0 Å². The normalized spacial score (nSPS) is 11.2. The number of imidazole rings is 2. The molecule has 0 bridgehead atoms. The molecule has 142 valence electrons. The van der Waals surface area contributed by atoms with Crippen molar-refractivity contribution in [2.24, 2.45) is 14.1 Å². The summed E-state index contributed by atoms with van der Waals surface area (Å²) >= 11 is 0. The van der Waals surface area contributed by atoms with E-state index in [-0.39, 0.29) is 23.6 Å². The van der Waals surface area contributed by atoms with E-state index in [9.17, 15) is 19.7 Å². The van der Waals surface area contributed by atoms with Crippen molar-refractivity contribution in [2.75, 3.05) is 5.32 Å². The predicted molar refractivity (Wildman–Crippen MR) is 103 cm³/mol. The maximum Gasteiger partial charge on any atom is 0.328 e. The van der Waals surface area contributed by atoms with Crippen molar-refractivity contribution in [3.63, 3.8) is 0 Å². The second-order valence-electron chi connectivity index (χ2n) is 6.43. The van der Waals surface area contributed by atoms with Gasteiger partial charge in [0.1, 0.15) is 12.2 Å². The number of rotatable bonds is 4. The summed E-state index contributed by atoms with van der Waals surface area (Å²) in [6.07, 6.45) is 1.54. The van der Waals surface area contributed by atoms with E-state index in [4.69, 9.17) is 0 Å². The Morgan fingerprint density at radius 1 is 1.14 bits per heavy atom. The molecule has 0 saturated carbocycles. The summed E-state index contributed by atoms with van der Waals surface area (Å²) in [5.41, 5.74) is 1.89. The zero-order valence-electron chi connectivity index (χ0n) is 15.1. The summed E-state index contributed by atoms with van der Waals surface area (Å²) in [7, 11) is 3.11. The number of aryl methyl sites for hydroxylation is 2. The lowest BCUT2D eigenvalue weighted by molar-refractivity contribution is -0.383. The van der Waals surface area contributed by atoms with Crippen molar-refractivity contribution >= 4 is 39.3 Å². The SMILES string of the molecule is Cn1c(=O)n(C)c2cc([N+](=O)[O-])c(NC(=O)Cn3cnc4ccccc43)cc21. The molecule has 2 aromatic heterocycles. The Kier molecular flexibility index (Phi) is 3.95. The molecule has 10 nitrogen and oxygen atoms in total. The number of anilines is 1. The molecule has 0 spiro atoms. The second kappa shape index (κ2) is 6.34. The number of para-hydroxylation sites is 2. The molecule has 0 atom stereocenters. The largest absolute Gasteiger partial charge is 0.328 e. The van der Waals surface area contributed by atoms with Crippen molar-refractivity contribution in [1.29, 1.82) is 0 Å². The van der Waals surface area contributed by atoms with E-state index in [1.807, 2.05) is 24.3 Å². The monoisotopic (exact) mass is 380 g/mol. The fourth-order valence-corrected chi connectivity index (χ4v) is 3.27. The number of benzene rings is 2. The lowest BCUT2D eigenvalue weighted by atomic mass is 10.2. The molecule has 2 aromatic carbocycles. The van der Waals surface area contributed by atoms with Gasteiger partial charge in [0.15, 0.2) is 0 Å². The van der Waals surface area contributed by atoms with Gasteiger partial charge < -0.3 is 9.88 Å². The van der Waals surface area contributed by atoms with Crippen molar-refractivity contribution in [3.05, 3.63) is 63.3 Å². The average Bonchev–Trinajstić information content (AvgIpc) is 3.16. The number of amides is 1. The van der Waals surface area contributed by atoms with Crippen LogP contribution in [0.2, 0.25) is 0 Å². The van der Waals surface area contributed by atoms with E-state index in [1.165, 1.54) is 28.3 Å². The first-order valence-corrected chi connectivity index (χ1v) is 8.40. The van der Waals surface area contributed by atoms with Gasteiger partial charge >= 0.3 is 5.69 Å². The number of hydrogen-bond acceptors (Lipinski definition) is 5. The Bertz CT molecular complexity index is 1310. The number of nitro benzene ring substituents is 1. The molecule has 4 aromatic rings. The first kappa shape index (κ1) is 17.5. The zero-order valence-corrected chi connectivity index (χ0v) is 15.1. The molecule has 0 unspecified atom stereocenters. The van der Waals surface area contributed by atoms with Crippen molar-refractivity contribution in [3.8, 4) is 0 Å². The van der Waals surface area contributed by atoms with E-state index in [0.29, 0.717) is 11.0 Å². The lowest BCUT2D eigenvalue weighted by Crippen LogP contribution is -2.19. The minimum atomic E-state index is -0.584. The van der Waals surface area contributed by atoms with Gasteiger partial charge in [0.25, 0.3) is 5.69 Å². The summed E-state index contributed by atoms with van der Waals surface area (Å²) in [6, 6.07) is 10.1. The van der Waals surface area contributed by atoms with Crippen molar-refractivity contribution < 1.29 is 9.72 Å². The molecular weight excluding hydrogens is 364 g/mol. The summed E-state index contributed by atoms with van der Waals surface area (Å²) in [5, 5.41) is 14.1. The predicted octanol–water partition coefficient (Wildman–Crippen LogP) is 1.77.